The van der Waals surface area contributed by atoms with E-state index in [1.54, 1.807) is 0 Å². The first-order valence-electron chi connectivity index (χ1n) is 26.1. The monoisotopic (exact) mass is 1000 g/mol. The highest BCUT2D eigenvalue weighted by molar-refractivity contribution is 5.53. The van der Waals surface area contributed by atoms with Crippen LogP contribution in [0.3, 0.4) is 0 Å². The van der Waals surface area contributed by atoms with Gasteiger partial charge in [-0.1, -0.05) is 182 Å². The average Bonchev–Trinajstić information content (AvgIpc) is 3.22. The molecule has 3 N–H and O–H groups in total. The number of ether oxygens (including phenoxy) is 3. The van der Waals surface area contributed by atoms with Gasteiger partial charge in [0.1, 0.15) is 17.2 Å². The van der Waals surface area contributed by atoms with E-state index < -0.39 is 17.1 Å². The number of rotatable bonds is 18. The summed E-state index contributed by atoms with van der Waals surface area (Å²) in [6.45, 7) is 44.3. The fourth-order valence-electron chi connectivity index (χ4n) is 9.05. The molecule has 4 aromatic rings. The molecule has 0 fully saturated rings. The van der Waals surface area contributed by atoms with E-state index in [1.807, 2.05) is 36.4 Å². The first kappa shape index (κ1) is 59.9. The number of aromatic nitrogens is 3. The van der Waals surface area contributed by atoms with E-state index in [1.165, 1.54) is 0 Å². The zero-order valence-corrected chi connectivity index (χ0v) is 48.2. The Bertz CT molecular complexity index is 2270. The smallest absolute Gasteiger partial charge is 0.336 e. The van der Waals surface area contributed by atoms with Gasteiger partial charge in [-0.15, -0.1) is 0 Å². The van der Waals surface area contributed by atoms with Crippen molar-refractivity contribution < 1.29 is 29.5 Å². The van der Waals surface area contributed by atoms with Crippen LogP contribution in [0, 0.1) is 0 Å². The van der Waals surface area contributed by atoms with E-state index >= 15 is 0 Å². The van der Waals surface area contributed by atoms with Crippen molar-refractivity contribution in [1.29, 1.82) is 0 Å². The van der Waals surface area contributed by atoms with Gasteiger partial charge in [-0.25, -0.2) is 28.1 Å². The van der Waals surface area contributed by atoms with Crippen LogP contribution < -0.4 is 17.1 Å². The highest BCUT2D eigenvalue weighted by Crippen LogP contribution is 2.44. The van der Waals surface area contributed by atoms with Crippen molar-refractivity contribution in [3.8, 4) is 17.2 Å². The zero-order chi connectivity index (χ0) is 54.9. The third-order valence-electron chi connectivity index (χ3n) is 13.8. The Morgan fingerprint density at radius 1 is 0.361 bits per heavy atom. The molecule has 12 heteroatoms. The minimum Gasteiger partial charge on any atom is -0.507 e. The van der Waals surface area contributed by atoms with Crippen molar-refractivity contribution in [2.45, 2.75) is 215 Å². The Balaban J connectivity index is 1.60. The molecule has 0 saturated carbocycles. The summed E-state index contributed by atoms with van der Waals surface area (Å²) in [5.74, 6) is 0.704. The molecule has 0 aliphatic carbocycles. The summed E-state index contributed by atoms with van der Waals surface area (Å²) < 4.78 is 21.7. The van der Waals surface area contributed by atoms with Gasteiger partial charge in [-0.05, 0) is 82.6 Å². The van der Waals surface area contributed by atoms with E-state index in [0.717, 1.165) is 63.8 Å². The number of hydrogen-bond acceptors (Lipinski definition) is 9. The maximum atomic E-state index is 14.2. The molecule has 402 valence electrons. The van der Waals surface area contributed by atoms with Crippen LogP contribution in [-0.4, -0.2) is 68.7 Å². The second-order valence-corrected chi connectivity index (χ2v) is 26.6. The third kappa shape index (κ3) is 14.6. The van der Waals surface area contributed by atoms with Crippen LogP contribution in [0.15, 0.2) is 50.8 Å². The molecule has 3 unspecified atom stereocenters. The summed E-state index contributed by atoms with van der Waals surface area (Å²) in [7, 11) is 0. The van der Waals surface area contributed by atoms with Crippen LogP contribution in [0.25, 0.3) is 0 Å². The maximum Gasteiger partial charge on any atom is 0.336 e. The minimum atomic E-state index is -0.743. The molecule has 4 rings (SSSR count). The lowest BCUT2D eigenvalue weighted by Crippen LogP contribution is -2.55. The fourth-order valence-corrected chi connectivity index (χ4v) is 9.05. The highest BCUT2D eigenvalue weighted by atomic mass is 16.5. The summed E-state index contributed by atoms with van der Waals surface area (Å²) in [6.07, 6.45) is 0. The molecule has 0 spiro atoms. The largest absolute Gasteiger partial charge is 0.507 e. The first-order valence-corrected chi connectivity index (χ1v) is 26.1. The molecule has 0 radical (unpaired) electrons. The predicted molar refractivity (Wildman–Crippen MR) is 293 cm³/mol. The summed E-state index contributed by atoms with van der Waals surface area (Å²) in [4.78, 5) is 42.5. The molecule has 0 amide bonds. The summed E-state index contributed by atoms with van der Waals surface area (Å²) >= 11 is 0. The minimum absolute atomic E-state index is 0.0372. The van der Waals surface area contributed by atoms with Gasteiger partial charge in [0.2, 0.25) is 0 Å². The van der Waals surface area contributed by atoms with E-state index in [4.69, 9.17) is 14.2 Å². The van der Waals surface area contributed by atoms with Crippen LogP contribution in [0.1, 0.15) is 213 Å². The number of nitrogens with zero attached hydrogens (tertiary/aromatic N) is 3. The Morgan fingerprint density at radius 2 is 0.528 bits per heavy atom. The topological polar surface area (TPSA) is 154 Å². The van der Waals surface area contributed by atoms with Crippen molar-refractivity contribution >= 4 is 0 Å². The van der Waals surface area contributed by atoms with Gasteiger partial charge in [0.15, 0.2) is 0 Å². The molecule has 3 aromatic carbocycles. The van der Waals surface area contributed by atoms with Gasteiger partial charge >= 0.3 is 17.1 Å². The van der Waals surface area contributed by atoms with Crippen molar-refractivity contribution in [3.05, 3.63) is 118 Å². The van der Waals surface area contributed by atoms with E-state index in [-0.39, 0.29) is 89.7 Å². The fraction of sp³-hybridized carbons (Fsp3) is 0.650. The molecule has 1 heterocycles. The van der Waals surface area contributed by atoms with Crippen molar-refractivity contribution in [2.75, 3.05) is 39.6 Å². The number of benzene rings is 3. The quantitative estimate of drug-likeness (QED) is 0.0826. The van der Waals surface area contributed by atoms with Gasteiger partial charge in [0.25, 0.3) is 0 Å². The van der Waals surface area contributed by atoms with Gasteiger partial charge < -0.3 is 29.5 Å². The molecular weight excluding hydrogens is 907 g/mol. The van der Waals surface area contributed by atoms with Gasteiger partial charge in [0, 0.05) is 17.8 Å². The van der Waals surface area contributed by atoms with Crippen LogP contribution in [0.5, 0.6) is 17.2 Å². The summed E-state index contributed by atoms with van der Waals surface area (Å²) in [5, 5.41) is 33.9. The van der Waals surface area contributed by atoms with Crippen LogP contribution in [-0.2, 0) is 66.3 Å². The predicted octanol–water partition coefficient (Wildman–Crippen LogP) is 11.5. The Kier molecular flexibility index (Phi) is 18.7. The van der Waals surface area contributed by atoms with Gasteiger partial charge in [0.05, 0.1) is 59.3 Å². The maximum absolute atomic E-state index is 14.2. The highest BCUT2D eigenvalue weighted by Gasteiger charge is 2.31. The Hall–Kier alpha value is -4.65. The lowest BCUT2D eigenvalue weighted by Gasteiger charge is -2.29. The second-order valence-electron chi connectivity index (χ2n) is 26.6. The summed E-state index contributed by atoms with van der Waals surface area (Å²) in [5.41, 5.74) is 4.20. The van der Waals surface area contributed by atoms with E-state index in [0.29, 0.717) is 37.1 Å². The van der Waals surface area contributed by atoms with Crippen molar-refractivity contribution in [2.24, 2.45) is 0 Å². The third-order valence-corrected chi connectivity index (χ3v) is 13.8. The number of hydrogen-bond donors (Lipinski definition) is 3. The molecule has 3 atom stereocenters. The van der Waals surface area contributed by atoms with Crippen molar-refractivity contribution in [1.82, 2.24) is 13.7 Å². The standard InChI is InChI=1S/C60H93N3O9/c1-37(40-28-43(55(4,5)6)49(64)44(29-40)56(7,8)9)34-70-25-22-61-52(67)62(23-26-71-35-38(2)41-30-45(57(10,11)12)50(65)46(31-41)58(13,14)15)54(69)63(53(61)68)24-27-72-36-39(3)42-32-47(59(16,17)18)51(66)48(33-42)60(19,20)21/h28-33,37-39,64-66H,22-27,34-36H2,1-21H3. The van der Waals surface area contributed by atoms with Gasteiger partial charge in [-0.2, -0.15) is 0 Å². The SMILES string of the molecule is CC(COCCn1c(=O)n(CCOCC(C)c2cc(C(C)(C)C)c(O)c(C(C)(C)C)c2)c(=O)n(CCOCC(C)c2cc(C(C)(C)C)c(O)c(C(C)(C)C)c2)c1=O)c1cc(C(C)(C)C)c(O)c(C(C)(C)C)c1. The first-order chi connectivity index (χ1) is 32.8. The Labute approximate surface area is 431 Å². The number of aromatic hydroxyl groups is 3. The average molecular weight is 1000 g/mol. The molecule has 1 aromatic heterocycles. The van der Waals surface area contributed by atoms with E-state index in [2.05, 4.69) is 145 Å². The number of phenolic OH excluding ortho intramolecular Hbond substituents is 3. The molecular formula is C60H93N3O9. The lowest BCUT2D eigenvalue weighted by molar-refractivity contribution is 0.103. The summed E-state index contributed by atoms with van der Waals surface area (Å²) in [6, 6.07) is 12.2. The molecule has 0 bridgehead atoms. The molecule has 12 nitrogen and oxygen atoms in total. The van der Waals surface area contributed by atoms with Crippen LogP contribution in [0.4, 0.5) is 0 Å². The van der Waals surface area contributed by atoms with E-state index in [9.17, 15) is 29.7 Å². The van der Waals surface area contributed by atoms with Crippen LogP contribution >= 0.6 is 0 Å². The van der Waals surface area contributed by atoms with Crippen molar-refractivity contribution in [3.63, 3.8) is 0 Å². The van der Waals surface area contributed by atoms with Gasteiger partial charge in [-0.3, -0.25) is 0 Å². The molecule has 0 aliphatic heterocycles. The molecule has 0 saturated heterocycles. The number of phenols is 3. The Morgan fingerprint density at radius 3 is 0.681 bits per heavy atom. The molecule has 72 heavy (non-hydrogen) atoms. The lowest BCUT2D eigenvalue weighted by atomic mass is 9.77. The second kappa shape index (κ2) is 22.4. The molecule has 0 aliphatic rings. The zero-order valence-electron chi connectivity index (χ0n) is 48.2. The normalized spacial score (nSPS) is 14.5. The van der Waals surface area contributed by atoms with Crippen LogP contribution in [0.2, 0.25) is 0 Å².